The Morgan fingerprint density at radius 1 is 1.35 bits per heavy atom. The molecular formula is C14H24N2O. The van der Waals surface area contributed by atoms with Crippen molar-refractivity contribution >= 4 is 5.69 Å². The topological polar surface area (TPSA) is 38.5 Å². The summed E-state index contributed by atoms with van der Waals surface area (Å²) >= 11 is 0. The van der Waals surface area contributed by atoms with Crippen LogP contribution in [0.15, 0.2) is 24.3 Å². The minimum Gasteiger partial charge on any atom is -0.495 e. The van der Waals surface area contributed by atoms with Crippen molar-refractivity contribution in [1.82, 2.24) is 0 Å². The normalized spacial score (nSPS) is 14.2. The molecule has 1 rings (SSSR count). The van der Waals surface area contributed by atoms with Crippen LogP contribution in [0.25, 0.3) is 0 Å². The van der Waals surface area contributed by atoms with Crippen molar-refractivity contribution in [2.24, 2.45) is 11.1 Å². The Kier molecular flexibility index (Phi) is 4.82. The summed E-state index contributed by atoms with van der Waals surface area (Å²) in [7, 11) is 3.79. The molecule has 0 radical (unpaired) electrons. The summed E-state index contributed by atoms with van der Waals surface area (Å²) in [4.78, 5) is 2.22. The molecule has 17 heavy (non-hydrogen) atoms. The van der Waals surface area contributed by atoms with Crippen LogP contribution in [0.4, 0.5) is 5.69 Å². The lowest BCUT2D eigenvalue weighted by atomic mass is 9.87. The van der Waals surface area contributed by atoms with Crippen LogP contribution < -0.4 is 15.4 Å². The smallest absolute Gasteiger partial charge is 0.142 e. The molecular weight excluding hydrogens is 212 g/mol. The second-order valence-corrected chi connectivity index (χ2v) is 4.90. The highest BCUT2D eigenvalue weighted by Crippen LogP contribution is 2.30. The molecule has 0 heterocycles. The fraction of sp³-hybridized carbons (Fsp3) is 0.571. The van der Waals surface area contributed by atoms with Gasteiger partial charge in [-0.1, -0.05) is 26.0 Å². The first kappa shape index (κ1) is 13.8. The second-order valence-electron chi connectivity index (χ2n) is 4.90. The van der Waals surface area contributed by atoms with Gasteiger partial charge in [0.05, 0.1) is 12.8 Å². The SMILES string of the molecule is CCC(C)(CN)CN(C)c1ccccc1OC. The molecule has 0 aliphatic heterocycles. The minimum absolute atomic E-state index is 0.148. The molecule has 1 unspecified atom stereocenters. The molecule has 0 bridgehead atoms. The average molecular weight is 236 g/mol. The van der Waals surface area contributed by atoms with Gasteiger partial charge in [-0.05, 0) is 30.5 Å². The molecule has 1 aromatic carbocycles. The molecule has 2 N–H and O–H groups in total. The predicted octanol–water partition coefficient (Wildman–Crippen LogP) is 2.51. The summed E-state index contributed by atoms with van der Waals surface area (Å²) in [5, 5.41) is 0. The number of ether oxygens (including phenoxy) is 1. The molecule has 0 saturated heterocycles. The van der Waals surface area contributed by atoms with Crippen LogP contribution in [-0.2, 0) is 0 Å². The second kappa shape index (κ2) is 5.92. The average Bonchev–Trinajstić information content (AvgIpc) is 2.38. The van der Waals surface area contributed by atoms with Crippen molar-refractivity contribution in [3.63, 3.8) is 0 Å². The number of hydrogen-bond acceptors (Lipinski definition) is 3. The zero-order valence-corrected chi connectivity index (χ0v) is 11.4. The standard InChI is InChI=1S/C14H24N2O/c1-5-14(2,10-15)11-16(3)12-8-6-7-9-13(12)17-4/h6-9H,5,10-11,15H2,1-4H3. The summed E-state index contributed by atoms with van der Waals surface area (Å²) in [6.45, 7) is 6.03. The van der Waals surface area contributed by atoms with Gasteiger partial charge in [-0.3, -0.25) is 0 Å². The largest absolute Gasteiger partial charge is 0.495 e. The van der Waals surface area contributed by atoms with Gasteiger partial charge in [0.25, 0.3) is 0 Å². The number of methoxy groups -OCH3 is 1. The number of nitrogens with two attached hydrogens (primary N) is 1. The number of hydrogen-bond donors (Lipinski definition) is 1. The molecule has 1 atom stereocenters. The summed E-state index contributed by atoms with van der Waals surface area (Å²) in [6.07, 6.45) is 1.07. The van der Waals surface area contributed by atoms with Crippen molar-refractivity contribution in [1.29, 1.82) is 0 Å². The van der Waals surface area contributed by atoms with Gasteiger partial charge in [-0.15, -0.1) is 0 Å². The Hall–Kier alpha value is -1.22. The Balaban J connectivity index is 2.85. The predicted molar refractivity (Wildman–Crippen MR) is 73.7 cm³/mol. The number of nitrogens with zero attached hydrogens (tertiary/aromatic N) is 1. The maximum Gasteiger partial charge on any atom is 0.142 e. The van der Waals surface area contributed by atoms with Crippen molar-refractivity contribution in [3.8, 4) is 5.75 Å². The molecule has 0 fully saturated rings. The van der Waals surface area contributed by atoms with E-state index in [2.05, 4.69) is 31.9 Å². The van der Waals surface area contributed by atoms with Gasteiger partial charge in [0.2, 0.25) is 0 Å². The zero-order chi connectivity index (χ0) is 12.9. The Labute approximate surface area is 105 Å². The van der Waals surface area contributed by atoms with Crippen molar-refractivity contribution < 1.29 is 4.74 Å². The van der Waals surface area contributed by atoms with E-state index in [1.807, 2.05) is 18.2 Å². The molecule has 0 aliphatic rings. The fourth-order valence-corrected chi connectivity index (χ4v) is 1.92. The number of rotatable bonds is 6. The van der Waals surface area contributed by atoms with E-state index in [1.165, 1.54) is 0 Å². The van der Waals surface area contributed by atoms with Gasteiger partial charge in [0.1, 0.15) is 5.75 Å². The van der Waals surface area contributed by atoms with Crippen LogP contribution in [0.5, 0.6) is 5.75 Å². The van der Waals surface area contributed by atoms with E-state index in [0.717, 1.165) is 24.4 Å². The van der Waals surface area contributed by atoms with E-state index in [9.17, 15) is 0 Å². The third-order valence-corrected chi connectivity index (χ3v) is 3.46. The number of anilines is 1. The Bertz CT molecular complexity index is 348. The highest BCUT2D eigenvalue weighted by atomic mass is 16.5. The summed E-state index contributed by atoms with van der Waals surface area (Å²) < 4.78 is 5.38. The Morgan fingerprint density at radius 3 is 2.53 bits per heavy atom. The molecule has 0 aliphatic carbocycles. The van der Waals surface area contributed by atoms with Crippen LogP contribution in [0.3, 0.4) is 0 Å². The third kappa shape index (κ3) is 3.37. The first-order valence-corrected chi connectivity index (χ1v) is 6.10. The van der Waals surface area contributed by atoms with E-state index in [1.54, 1.807) is 7.11 Å². The highest BCUT2D eigenvalue weighted by Gasteiger charge is 2.23. The summed E-state index contributed by atoms with van der Waals surface area (Å²) in [5.74, 6) is 0.908. The first-order valence-electron chi connectivity index (χ1n) is 6.10. The van der Waals surface area contributed by atoms with Crippen LogP contribution >= 0.6 is 0 Å². The first-order chi connectivity index (χ1) is 8.06. The number of para-hydroxylation sites is 2. The molecule has 0 amide bonds. The quantitative estimate of drug-likeness (QED) is 0.824. The maximum absolute atomic E-state index is 5.86. The van der Waals surface area contributed by atoms with Gasteiger partial charge in [-0.25, -0.2) is 0 Å². The van der Waals surface area contributed by atoms with Gasteiger partial charge < -0.3 is 15.4 Å². The molecule has 3 nitrogen and oxygen atoms in total. The van der Waals surface area contributed by atoms with E-state index >= 15 is 0 Å². The lowest BCUT2D eigenvalue weighted by molar-refractivity contribution is 0.328. The molecule has 1 aromatic rings. The lowest BCUT2D eigenvalue weighted by Gasteiger charge is -2.33. The van der Waals surface area contributed by atoms with Crippen LogP contribution in [0, 0.1) is 5.41 Å². The third-order valence-electron chi connectivity index (χ3n) is 3.46. The van der Waals surface area contributed by atoms with Crippen molar-refractivity contribution in [2.75, 3.05) is 32.1 Å². The lowest BCUT2D eigenvalue weighted by Crippen LogP contribution is -2.38. The van der Waals surface area contributed by atoms with Crippen LogP contribution in [0.1, 0.15) is 20.3 Å². The van der Waals surface area contributed by atoms with Crippen LogP contribution in [-0.4, -0.2) is 27.2 Å². The van der Waals surface area contributed by atoms with Crippen molar-refractivity contribution in [3.05, 3.63) is 24.3 Å². The van der Waals surface area contributed by atoms with Gasteiger partial charge >= 0.3 is 0 Å². The monoisotopic (exact) mass is 236 g/mol. The molecule has 3 heteroatoms. The fourth-order valence-electron chi connectivity index (χ4n) is 1.92. The maximum atomic E-state index is 5.86. The van der Waals surface area contributed by atoms with E-state index in [4.69, 9.17) is 10.5 Å². The molecule has 96 valence electrons. The van der Waals surface area contributed by atoms with Crippen LogP contribution in [0.2, 0.25) is 0 Å². The van der Waals surface area contributed by atoms with Gasteiger partial charge in [0, 0.05) is 13.6 Å². The van der Waals surface area contributed by atoms with Gasteiger partial charge in [0.15, 0.2) is 0 Å². The minimum atomic E-state index is 0.148. The molecule has 0 saturated carbocycles. The number of benzene rings is 1. The van der Waals surface area contributed by atoms with E-state index in [-0.39, 0.29) is 5.41 Å². The van der Waals surface area contributed by atoms with Crippen molar-refractivity contribution in [2.45, 2.75) is 20.3 Å². The Morgan fingerprint density at radius 2 is 2.00 bits per heavy atom. The highest BCUT2D eigenvalue weighted by molar-refractivity contribution is 5.57. The molecule has 0 aromatic heterocycles. The summed E-state index contributed by atoms with van der Waals surface area (Å²) in [6, 6.07) is 8.07. The van der Waals surface area contributed by atoms with E-state index < -0.39 is 0 Å². The molecule has 0 spiro atoms. The van der Waals surface area contributed by atoms with E-state index in [0.29, 0.717) is 6.54 Å². The zero-order valence-electron chi connectivity index (χ0n) is 11.4. The summed E-state index contributed by atoms with van der Waals surface area (Å²) in [5.41, 5.74) is 7.12. The van der Waals surface area contributed by atoms with Gasteiger partial charge in [-0.2, -0.15) is 0 Å².